The smallest absolute Gasteiger partial charge is 0.220 e. The molecule has 3 saturated heterocycles. The van der Waals surface area contributed by atoms with Crippen molar-refractivity contribution < 1.29 is 89.4 Å². The Morgan fingerprint density at radius 1 is 0.396 bits per heavy atom. The Labute approximate surface area is 549 Å². The van der Waals surface area contributed by atoms with Crippen LogP contribution in [0.25, 0.3) is 0 Å². The van der Waals surface area contributed by atoms with Crippen molar-refractivity contribution >= 4 is 5.91 Å². The molecule has 3 fully saturated rings. The summed E-state index contributed by atoms with van der Waals surface area (Å²) in [6.07, 6.45) is 35.4. The summed E-state index contributed by atoms with van der Waals surface area (Å²) in [5, 5.41) is 121. The van der Waals surface area contributed by atoms with E-state index in [1.165, 1.54) is 212 Å². The molecule has 0 aromatic rings. The van der Waals surface area contributed by atoms with Gasteiger partial charge in [0, 0.05) is 6.42 Å². The third-order valence-corrected chi connectivity index (χ3v) is 18.8. The minimum Gasteiger partial charge on any atom is -0.394 e. The highest BCUT2D eigenvalue weighted by Crippen LogP contribution is 2.33. The van der Waals surface area contributed by atoms with Gasteiger partial charge in [-0.2, -0.15) is 0 Å². The number of allylic oxidation sites excluding steroid dienone is 4. The van der Waals surface area contributed by atoms with E-state index in [-0.39, 0.29) is 18.9 Å². The molecule has 0 aromatic carbocycles. The van der Waals surface area contributed by atoms with Gasteiger partial charge in [-0.3, -0.25) is 4.79 Å². The average Bonchev–Trinajstić information content (AvgIpc) is 0.884. The summed E-state index contributed by atoms with van der Waals surface area (Å²) in [6, 6.07) is -0.885. The molecule has 0 bridgehead atoms. The highest BCUT2D eigenvalue weighted by atomic mass is 16.8. The zero-order valence-electron chi connectivity index (χ0n) is 56.8. The van der Waals surface area contributed by atoms with Crippen LogP contribution in [0.4, 0.5) is 0 Å². The lowest BCUT2D eigenvalue weighted by Crippen LogP contribution is -2.66. The first-order valence-electron chi connectivity index (χ1n) is 37.1. The Morgan fingerprint density at radius 2 is 0.725 bits per heavy atom. The molecule has 0 saturated carbocycles. The fraction of sp³-hybridized carbons (Fsp3) is 0.931. The van der Waals surface area contributed by atoms with Crippen LogP contribution in [0.3, 0.4) is 0 Å². The molecule has 19 heteroatoms. The van der Waals surface area contributed by atoms with E-state index in [1.54, 1.807) is 0 Å². The molecule has 17 atom stereocenters. The van der Waals surface area contributed by atoms with Crippen LogP contribution < -0.4 is 5.32 Å². The maximum absolute atomic E-state index is 13.5. The van der Waals surface area contributed by atoms with Crippen molar-refractivity contribution in [1.82, 2.24) is 5.32 Å². The van der Waals surface area contributed by atoms with Crippen LogP contribution >= 0.6 is 0 Å². The van der Waals surface area contributed by atoms with Gasteiger partial charge >= 0.3 is 0 Å². The summed E-state index contributed by atoms with van der Waals surface area (Å²) in [5.41, 5.74) is 0. The fourth-order valence-corrected chi connectivity index (χ4v) is 12.8. The highest BCUT2D eigenvalue weighted by molar-refractivity contribution is 5.76. The van der Waals surface area contributed by atoms with Crippen molar-refractivity contribution in [2.24, 2.45) is 0 Å². The van der Waals surface area contributed by atoms with E-state index in [4.69, 9.17) is 28.4 Å². The minimum atomic E-state index is -1.97. The molecule has 0 aliphatic carbocycles. The lowest BCUT2D eigenvalue weighted by atomic mass is 9.96. The van der Waals surface area contributed by atoms with Gasteiger partial charge < -0.3 is 89.9 Å². The summed E-state index contributed by atoms with van der Waals surface area (Å²) in [4.78, 5) is 13.5. The lowest BCUT2D eigenvalue weighted by Gasteiger charge is -2.48. The molecule has 17 unspecified atom stereocenters. The highest BCUT2D eigenvalue weighted by Gasteiger charge is 2.53. The number of hydrogen-bond acceptors (Lipinski definition) is 18. The molecule has 1 amide bonds. The lowest BCUT2D eigenvalue weighted by molar-refractivity contribution is -0.379. The van der Waals surface area contributed by atoms with E-state index >= 15 is 0 Å². The van der Waals surface area contributed by atoms with Gasteiger partial charge in [0.25, 0.3) is 0 Å². The number of rotatable bonds is 58. The van der Waals surface area contributed by atoms with Gasteiger partial charge in [-0.1, -0.05) is 269 Å². The van der Waals surface area contributed by atoms with Crippen LogP contribution in [-0.4, -0.2) is 193 Å². The van der Waals surface area contributed by atoms with E-state index in [9.17, 15) is 61.0 Å². The number of carbonyl (C=O) groups is 1. The first-order valence-corrected chi connectivity index (χ1v) is 37.1. The zero-order valence-corrected chi connectivity index (χ0v) is 56.8. The van der Waals surface area contributed by atoms with Crippen LogP contribution in [0.15, 0.2) is 24.3 Å². The van der Waals surface area contributed by atoms with Gasteiger partial charge in [0.1, 0.15) is 73.2 Å². The van der Waals surface area contributed by atoms with Gasteiger partial charge in [-0.05, 0) is 44.9 Å². The Bertz CT molecular complexity index is 1750. The predicted octanol–water partition coefficient (Wildman–Crippen LogP) is 10.6. The molecular weight excluding hydrogens is 1170 g/mol. The molecule has 0 aromatic heterocycles. The van der Waals surface area contributed by atoms with E-state index in [0.717, 1.165) is 51.4 Å². The number of aliphatic hydroxyl groups is 11. The van der Waals surface area contributed by atoms with Gasteiger partial charge in [-0.25, -0.2) is 0 Å². The number of aliphatic hydroxyl groups excluding tert-OH is 11. The SMILES string of the molecule is CCCCCCC/C=C\C/C=C\CCCCCCCCCCCCCCCCCCCC(=O)NC(COC1OC(CO)C(OC2OC(CO)C(OC3OC(CO)C(O)C(O)C3O)C(O)C2O)C(O)C1O)C(O)CCCCCCCCCCCCCCCCCCC. The van der Waals surface area contributed by atoms with Crippen molar-refractivity contribution in [3.63, 3.8) is 0 Å². The molecule has 91 heavy (non-hydrogen) atoms. The van der Waals surface area contributed by atoms with Crippen LogP contribution in [0.5, 0.6) is 0 Å². The summed E-state index contributed by atoms with van der Waals surface area (Å²) < 4.78 is 34.5. The van der Waals surface area contributed by atoms with Crippen molar-refractivity contribution in [3.05, 3.63) is 24.3 Å². The van der Waals surface area contributed by atoms with Crippen molar-refractivity contribution in [3.8, 4) is 0 Å². The maximum Gasteiger partial charge on any atom is 0.220 e. The quantitative estimate of drug-likeness (QED) is 0.0199. The average molecular weight is 1300 g/mol. The summed E-state index contributed by atoms with van der Waals surface area (Å²) >= 11 is 0. The fourth-order valence-electron chi connectivity index (χ4n) is 12.8. The van der Waals surface area contributed by atoms with Gasteiger partial charge in [-0.15, -0.1) is 0 Å². The molecule has 0 radical (unpaired) electrons. The Balaban J connectivity index is 1.38. The molecule has 3 aliphatic rings. The maximum atomic E-state index is 13.5. The molecule has 19 nitrogen and oxygen atoms in total. The van der Waals surface area contributed by atoms with Gasteiger partial charge in [0.05, 0.1) is 38.6 Å². The number of amides is 1. The Kier molecular flexibility index (Phi) is 49.8. The number of ether oxygens (including phenoxy) is 6. The van der Waals surface area contributed by atoms with Crippen LogP contribution in [0.2, 0.25) is 0 Å². The second-order valence-electron chi connectivity index (χ2n) is 26.8. The first-order chi connectivity index (χ1) is 44.3. The van der Waals surface area contributed by atoms with Gasteiger partial charge in [0.2, 0.25) is 5.91 Å². The molecule has 0 spiro atoms. The largest absolute Gasteiger partial charge is 0.394 e. The zero-order chi connectivity index (χ0) is 66.1. The standard InChI is InChI=1S/C72H135NO18/c1-3-5-7-9-11-13-15-17-19-21-22-23-24-25-26-27-28-29-30-31-32-34-36-38-40-42-44-46-48-50-60(78)73-55(56(77)49-47-45-43-41-39-37-35-33-20-18-16-14-12-10-8-6-4-2)54-86-70-66(84)63(81)68(58(52-75)88-70)91-72-67(85)64(82)69(59(53-76)89-72)90-71-65(83)62(80)61(79)57(51-74)87-71/h15,17,21-22,55-59,61-72,74-77,79-85H,3-14,16,18-20,23-54H2,1-2H3,(H,73,78)/b17-15-,22-21-. The summed E-state index contributed by atoms with van der Waals surface area (Å²) in [6.45, 7) is 1.82. The van der Waals surface area contributed by atoms with Crippen molar-refractivity contribution in [2.75, 3.05) is 26.4 Å². The number of carbonyl (C=O) groups excluding carboxylic acids is 1. The molecule has 536 valence electrons. The third-order valence-electron chi connectivity index (χ3n) is 18.8. The molecular formula is C72H135NO18. The van der Waals surface area contributed by atoms with E-state index in [1.807, 2.05) is 0 Å². The minimum absolute atomic E-state index is 0.238. The van der Waals surface area contributed by atoms with E-state index in [2.05, 4.69) is 43.5 Å². The number of hydrogen-bond donors (Lipinski definition) is 12. The summed E-state index contributed by atoms with van der Waals surface area (Å²) in [5.74, 6) is -0.238. The molecule has 12 N–H and O–H groups in total. The second kappa shape index (κ2) is 54.3. The van der Waals surface area contributed by atoms with Crippen LogP contribution in [0, 0.1) is 0 Å². The first kappa shape index (κ1) is 83.5. The van der Waals surface area contributed by atoms with Crippen molar-refractivity contribution in [2.45, 2.75) is 401 Å². The Hall–Kier alpha value is -1.73. The third kappa shape index (κ3) is 35.9. The van der Waals surface area contributed by atoms with Crippen molar-refractivity contribution in [1.29, 1.82) is 0 Å². The molecule has 3 heterocycles. The number of nitrogens with one attached hydrogen (secondary N) is 1. The monoisotopic (exact) mass is 1300 g/mol. The Morgan fingerprint density at radius 3 is 1.12 bits per heavy atom. The van der Waals surface area contributed by atoms with E-state index in [0.29, 0.717) is 12.8 Å². The van der Waals surface area contributed by atoms with Gasteiger partial charge in [0.15, 0.2) is 18.9 Å². The van der Waals surface area contributed by atoms with Crippen LogP contribution in [0.1, 0.15) is 296 Å². The van der Waals surface area contributed by atoms with E-state index < -0.39 is 124 Å². The van der Waals surface area contributed by atoms with Crippen LogP contribution in [-0.2, 0) is 33.2 Å². The number of unbranched alkanes of at least 4 members (excludes halogenated alkanes) is 38. The predicted molar refractivity (Wildman–Crippen MR) is 356 cm³/mol. The summed E-state index contributed by atoms with van der Waals surface area (Å²) in [7, 11) is 0. The molecule has 3 rings (SSSR count). The second-order valence-corrected chi connectivity index (χ2v) is 26.8. The molecule has 3 aliphatic heterocycles. The normalized spacial score (nSPS) is 27.9. The topological polar surface area (TPSA) is 307 Å².